The fraction of sp³-hybridized carbons (Fsp3) is 0.571. The summed E-state index contributed by atoms with van der Waals surface area (Å²) in [6.07, 6.45) is 4.92. The van der Waals surface area contributed by atoms with Gasteiger partial charge in [0, 0.05) is 5.41 Å². The highest BCUT2D eigenvalue weighted by atomic mass is 32.1. The maximum atomic E-state index is 13.0. The molecule has 2 rings (SSSR count). The average molecular weight is 254 g/mol. The van der Waals surface area contributed by atoms with Crippen LogP contribution in [-0.2, 0) is 0 Å². The third-order valence-corrected chi connectivity index (χ3v) is 4.34. The van der Waals surface area contributed by atoms with E-state index in [4.69, 9.17) is 4.74 Å². The van der Waals surface area contributed by atoms with Crippen LogP contribution >= 0.6 is 12.6 Å². The second kappa shape index (κ2) is 5.30. The van der Waals surface area contributed by atoms with E-state index in [1.165, 1.54) is 37.8 Å². The number of halogens is 1. The number of hydrogen-bond donors (Lipinski definition) is 1. The zero-order chi connectivity index (χ0) is 12.3. The molecule has 0 radical (unpaired) electrons. The molecule has 17 heavy (non-hydrogen) atoms. The van der Waals surface area contributed by atoms with Gasteiger partial charge in [-0.1, -0.05) is 12.8 Å². The summed E-state index contributed by atoms with van der Waals surface area (Å²) >= 11 is 4.45. The van der Waals surface area contributed by atoms with Crippen molar-refractivity contribution in [3.8, 4) is 5.75 Å². The molecule has 1 aliphatic carbocycles. The van der Waals surface area contributed by atoms with E-state index in [-0.39, 0.29) is 11.2 Å². The number of aryl methyl sites for hydroxylation is 1. The molecular weight excluding hydrogens is 235 g/mol. The summed E-state index contributed by atoms with van der Waals surface area (Å²) in [5, 5.41) is 0. The SMILES string of the molecule is Cc1cc(F)ccc1OCC1(CS)CCCC1. The molecule has 0 aliphatic heterocycles. The average Bonchev–Trinajstić information content (AvgIpc) is 2.77. The lowest BCUT2D eigenvalue weighted by atomic mass is 9.90. The fourth-order valence-corrected chi connectivity index (χ4v) is 2.89. The minimum absolute atomic E-state index is 0.209. The Bertz CT molecular complexity index is 386. The van der Waals surface area contributed by atoms with Gasteiger partial charge in [-0.05, 0) is 49.3 Å². The Balaban J connectivity index is 2.01. The Morgan fingerprint density at radius 3 is 2.65 bits per heavy atom. The van der Waals surface area contributed by atoms with Crippen molar-refractivity contribution < 1.29 is 9.13 Å². The predicted octanol–water partition coefficient (Wildman–Crippen LogP) is 4.00. The summed E-state index contributed by atoms with van der Waals surface area (Å²) in [7, 11) is 0. The molecule has 0 heterocycles. The molecule has 0 atom stereocenters. The number of hydrogen-bond acceptors (Lipinski definition) is 2. The highest BCUT2D eigenvalue weighted by molar-refractivity contribution is 7.80. The zero-order valence-electron chi connectivity index (χ0n) is 10.2. The van der Waals surface area contributed by atoms with Crippen LogP contribution in [0.15, 0.2) is 18.2 Å². The van der Waals surface area contributed by atoms with E-state index < -0.39 is 0 Å². The van der Waals surface area contributed by atoms with Gasteiger partial charge in [-0.2, -0.15) is 12.6 Å². The predicted molar refractivity (Wildman–Crippen MR) is 71.4 cm³/mol. The van der Waals surface area contributed by atoms with E-state index in [1.54, 1.807) is 6.07 Å². The number of benzene rings is 1. The van der Waals surface area contributed by atoms with E-state index in [0.717, 1.165) is 17.1 Å². The highest BCUT2D eigenvalue weighted by Crippen LogP contribution is 2.39. The van der Waals surface area contributed by atoms with Crippen LogP contribution in [-0.4, -0.2) is 12.4 Å². The van der Waals surface area contributed by atoms with E-state index in [2.05, 4.69) is 12.6 Å². The van der Waals surface area contributed by atoms with Crippen molar-refractivity contribution in [2.45, 2.75) is 32.6 Å². The second-order valence-corrected chi connectivity index (χ2v) is 5.38. The Kier molecular flexibility index (Phi) is 3.97. The topological polar surface area (TPSA) is 9.23 Å². The van der Waals surface area contributed by atoms with Gasteiger partial charge in [0.05, 0.1) is 6.61 Å². The van der Waals surface area contributed by atoms with Crippen molar-refractivity contribution in [3.63, 3.8) is 0 Å². The maximum Gasteiger partial charge on any atom is 0.123 e. The van der Waals surface area contributed by atoms with Crippen LogP contribution in [0.1, 0.15) is 31.2 Å². The summed E-state index contributed by atoms with van der Waals surface area (Å²) < 4.78 is 18.8. The van der Waals surface area contributed by atoms with Crippen molar-refractivity contribution in [1.29, 1.82) is 0 Å². The van der Waals surface area contributed by atoms with E-state index >= 15 is 0 Å². The molecule has 1 aliphatic rings. The summed E-state index contributed by atoms with van der Waals surface area (Å²) in [6.45, 7) is 2.57. The summed E-state index contributed by atoms with van der Waals surface area (Å²) in [6, 6.07) is 4.67. The van der Waals surface area contributed by atoms with E-state index in [1.807, 2.05) is 6.92 Å². The molecule has 0 saturated heterocycles. The van der Waals surface area contributed by atoms with Crippen LogP contribution in [0.2, 0.25) is 0 Å². The van der Waals surface area contributed by atoms with Crippen molar-refractivity contribution in [2.75, 3.05) is 12.4 Å². The minimum Gasteiger partial charge on any atom is -0.493 e. The molecule has 0 spiro atoms. The molecule has 1 aromatic rings. The van der Waals surface area contributed by atoms with Gasteiger partial charge < -0.3 is 4.74 Å². The number of ether oxygens (including phenoxy) is 1. The molecule has 1 aromatic carbocycles. The Morgan fingerprint density at radius 1 is 1.35 bits per heavy atom. The lowest BCUT2D eigenvalue weighted by Crippen LogP contribution is -2.27. The van der Waals surface area contributed by atoms with Crippen molar-refractivity contribution >= 4 is 12.6 Å². The molecule has 1 fully saturated rings. The Labute approximate surface area is 108 Å². The Hall–Kier alpha value is -0.700. The van der Waals surface area contributed by atoms with Crippen LogP contribution in [0.25, 0.3) is 0 Å². The second-order valence-electron chi connectivity index (χ2n) is 5.06. The smallest absolute Gasteiger partial charge is 0.123 e. The van der Waals surface area contributed by atoms with Crippen molar-refractivity contribution in [3.05, 3.63) is 29.6 Å². The molecular formula is C14H19FOS. The minimum atomic E-state index is -0.209. The first-order valence-electron chi connectivity index (χ1n) is 6.15. The van der Waals surface area contributed by atoms with Gasteiger partial charge >= 0.3 is 0 Å². The van der Waals surface area contributed by atoms with Crippen molar-refractivity contribution in [2.24, 2.45) is 5.41 Å². The van der Waals surface area contributed by atoms with Crippen LogP contribution < -0.4 is 4.74 Å². The molecule has 0 aromatic heterocycles. The van der Waals surface area contributed by atoms with Crippen LogP contribution in [0.4, 0.5) is 4.39 Å². The maximum absolute atomic E-state index is 13.0. The number of rotatable bonds is 4. The highest BCUT2D eigenvalue weighted by Gasteiger charge is 2.33. The van der Waals surface area contributed by atoms with Crippen LogP contribution in [0, 0.1) is 18.2 Å². The van der Waals surface area contributed by atoms with E-state index in [0.29, 0.717) is 6.61 Å². The van der Waals surface area contributed by atoms with Gasteiger partial charge in [-0.15, -0.1) is 0 Å². The summed E-state index contributed by atoms with van der Waals surface area (Å²) in [4.78, 5) is 0. The summed E-state index contributed by atoms with van der Waals surface area (Å²) in [5.41, 5.74) is 1.08. The molecule has 0 amide bonds. The molecule has 0 N–H and O–H groups in total. The quantitative estimate of drug-likeness (QED) is 0.799. The van der Waals surface area contributed by atoms with Gasteiger partial charge in [0.1, 0.15) is 11.6 Å². The Morgan fingerprint density at radius 2 is 2.06 bits per heavy atom. The first-order chi connectivity index (χ1) is 8.15. The summed E-state index contributed by atoms with van der Waals surface area (Å²) in [5.74, 6) is 1.45. The van der Waals surface area contributed by atoms with Gasteiger partial charge in [-0.3, -0.25) is 0 Å². The molecule has 1 saturated carbocycles. The van der Waals surface area contributed by atoms with Gasteiger partial charge in [0.2, 0.25) is 0 Å². The van der Waals surface area contributed by atoms with Crippen LogP contribution in [0.5, 0.6) is 5.75 Å². The van der Waals surface area contributed by atoms with Crippen molar-refractivity contribution in [1.82, 2.24) is 0 Å². The normalized spacial score (nSPS) is 18.3. The van der Waals surface area contributed by atoms with Gasteiger partial charge in [-0.25, -0.2) is 4.39 Å². The third kappa shape index (κ3) is 2.95. The lowest BCUT2D eigenvalue weighted by molar-refractivity contribution is 0.172. The van der Waals surface area contributed by atoms with E-state index in [9.17, 15) is 4.39 Å². The molecule has 0 bridgehead atoms. The fourth-order valence-electron chi connectivity index (χ4n) is 2.48. The molecule has 3 heteroatoms. The van der Waals surface area contributed by atoms with Gasteiger partial charge in [0.15, 0.2) is 0 Å². The molecule has 0 unspecified atom stereocenters. The molecule has 94 valence electrons. The monoisotopic (exact) mass is 254 g/mol. The van der Waals surface area contributed by atoms with Gasteiger partial charge in [0.25, 0.3) is 0 Å². The zero-order valence-corrected chi connectivity index (χ0v) is 11.1. The first-order valence-corrected chi connectivity index (χ1v) is 6.78. The van der Waals surface area contributed by atoms with Crippen LogP contribution in [0.3, 0.4) is 0 Å². The lowest BCUT2D eigenvalue weighted by Gasteiger charge is -2.27. The first kappa shape index (κ1) is 12.7. The third-order valence-electron chi connectivity index (χ3n) is 3.67. The largest absolute Gasteiger partial charge is 0.493 e. The molecule has 1 nitrogen and oxygen atoms in total. The standard InChI is InChI=1S/C14H19FOS/c1-11-8-12(15)4-5-13(11)16-9-14(10-17)6-2-3-7-14/h4-5,8,17H,2-3,6-7,9-10H2,1H3. The number of thiol groups is 1.